The molecule has 0 radical (unpaired) electrons. The Morgan fingerprint density at radius 1 is 1.10 bits per heavy atom. The van der Waals surface area contributed by atoms with Crippen LogP contribution in [0.4, 0.5) is 18.9 Å². The number of benzene rings is 1. The average molecular weight is 298 g/mol. The summed E-state index contributed by atoms with van der Waals surface area (Å²) < 4.78 is 38.5. The van der Waals surface area contributed by atoms with E-state index in [1.54, 1.807) is 6.07 Å². The monoisotopic (exact) mass is 298 g/mol. The van der Waals surface area contributed by atoms with Crippen molar-refractivity contribution in [2.45, 2.75) is 33.9 Å². The van der Waals surface area contributed by atoms with Crippen LogP contribution in [0.3, 0.4) is 0 Å². The molecule has 0 unspecified atom stereocenters. The zero-order valence-corrected chi connectivity index (χ0v) is 12.8. The largest absolute Gasteiger partial charge is 0.417 e. The van der Waals surface area contributed by atoms with Crippen molar-refractivity contribution >= 4 is 5.69 Å². The molecule has 0 saturated heterocycles. The Labute approximate surface area is 124 Å². The molecule has 116 valence electrons. The van der Waals surface area contributed by atoms with Crippen molar-refractivity contribution in [3.63, 3.8) is 0 Å². The molecule has 0 bridgehead atoms. The Morgan fingerprint density at radius 2 is 1.62 bits per heavy atom. The van der Waals surface area contributed by atoms with Crippen LogP contribution < -0.4 is 4.90 Å². The van der Waals surface area contributed by atoms with E-state index >= 15 is 0 Å². The standard InChI is InChI=1S/C16H21F3N2/c1-11(2)9-21(10-12(3)4)14-5-6-15(16(17,18)19)13(7-14)8-20/h5-7,11-12H,9-10H2,1-4H3. The van der Waals surface area contributed by atoms with E-state index in [0.29, 0.717) is 17.5 Å². The van der Waals surface area contributed by atoms with Gasteiger partial charge in [-0.1, -0.05) is 27.7 Å². The normalized spacial score (nSPS) is 11.8. The van der Waals surface area contributed by atoms with E-state index in [2.05, 4.69) is 27.7 Å². The third kappa shape index (κ3) is 4.96. The van der Waals surface area contributed by atoms with Gasteiger partial charge in [0.1, 0.15) is 0 Å². The SMILES string of the molecule is CC(C)CN(CC(C)C)c1ccc(C(F)(F)F)c(C#N)c1. The summed E-state index contributed by atoms with van der Waals surface area (Å²) in [6, 6.07) is 5.45. The van der Waals surface area contributed by atoms with E-state index in [1.165, 1.54) is 12.1 Å². The molecule has 0 spiro atoms. The molecule has 0 aliphatic carbocycles. The van der Waals surface area contributed by atoms with Crippen LogP contribution in [0.2, 0.25) is 0 Å². The summed E-state index contributed by atoms with van der Waals surface area (Å²) in [4.78, 5) is 2.04. The number of hydrogen-bond donors (Lipinski definition) is 0. The lowest BCUT2D eigenvalue weighted by Crippen LogP contribution is -2.31. The minimum Gasteiger partial charge on any atom is -0.371 e. The summed E-state index contributed by atoms with van der Waals surface area (Å²) in [6.45, 7) is 9.72. The van der Waals surface area contributed by atoms with E-state index in [9.17, 15) is 13.2 Å². The summed E-state index contributed by atoms with van der Waals surface area (Å²) >= 11 is 0. The highest BCUT2D eigenvalue weighted by atomic mass is 19.4. The number of halogens is 3. The molecule has 1 aromatic rings. The number of rotatable bonds is 5. The van der Waals surface area contributed by atoms with Crippen molar-refractivity contribution in [1.29, 1.82) is 5.26 Å². The highest BCUT2D eigenvalue weighted by Gasteiger charge is 2.33. The average Bonchev–Trinajstić information content (AvgIpc) is 2.35. The number of nitrogens with zero attached hydrogens (tertiary/aromatic N) is 2. The topological polar surface area (TPSA) is 27.0 Å². The van der Waals surface area contributed by atoms with E-state index < -0.39 is 11.7 Å². The molecule has 0 aliphatic heterocycles. The van der Waals surface area contributed by atoms with Gasteiger partial charge in [0.05, 0.1) is 17.2 Å². The van der Waals surface area contributed by atoms with Gasteiger partial charge < -0.3 is 4.90 Å². The maximum Gasteiger partial charge on any atom is 0.417 e. The molecule has 0 aliphatic rings. The van der Waals surface area contributed by atoms with Crippen LogP contribution in [-0.4, -0.2) is 13.1 Å². The predicted molar refractivity (Wildman–Crippen MR) is 78.0 cm³/mol. The molecular formula is C16H21F3N2. The lowest BCUT2D eigenvalue weighted by atomic mass is 10.0. The van der Waals surface area contributed by atoms with Gasteiger partial charge >= 0.3 is 6.18 Å². The van der Waals surface area contributed by atoms with E-state index in [4.69, 9.17) is 5.26 Å². The number of alkyl halides is 3. The van der Waals surface area contributed by atoms with Gasteiger partial charge in [-0.15, -0.1) is 0 Å². The smallest absolute Gasteiger partial charge is 0.371 e. The van der Waals surface area contributed by atoms with Gasteiger partial charge in [0.25, 0.3) is 0 Å². The molecule has 0 amide bonds. The Bertz CT molecular complexity index is 503. The summed E-state index contributed by atoms with van der Waals surface area (Å²) in [7, 11) is 0. The molecule has 2 nitrogen and oxygen atoms in total. The first-order valence-electron chi connectivity index (χ1n) is 7.01. The highest BCUT2D eigenvalue weighted by Crippen LogP contribution is 2.34. The molecule has 21 heavy (non-hydrogen) atoms. The summed E-state index contributed by atoms with van der Waals surface area (Å²) in [5, 5.41) is 8.98. The molecule has 1 rings (SSSR count). The van der Waals surface area contributed by atoms with Gasteiger partial charge in [0, 0.05) is 18.8 Å². The molecule has 0 aromatic heterocycles. The fourth-order valence-corrected chi connectivity index (χ4v) is 2.24. The molecule has 0 heterocycles. The highest BCUT2D eigenvalue weighted by molar-refractivity contribution is 5.55. The molecule has 5 heteroatoms. The fourth-order valence-electron chi connectivity index (χ4n) is 2.24. The second-order valence-electron chi connectivity index (χ2n) is 6.03. The van der Waals surface area contributed by atoms with Crippen molar-refractivity contribution < 1.29 is 13.2 Å². The first-order valence-corrected chi connectivity index (χ1v) is 7.01. The third-order valence-electron chi connectivity index (χ3n) is 2.97. The second-order valence-corrected chi connectivity index (χ2v) is 6.03. The molecule has 0 atom stereocenters. The minimum absolute atomic E-state index is 0.322. The van der Waals surface area contributed by atoms with E-state index in [0.717, 1.165) is 19.2 Å². The Hall–Kier alpha value is -1.70. The Balaban J connectivity index is 3.19. The van der Waals surface area contributed by atoms with Gasteiger partial charge in [0.2, 0.25) is 0 Å². The zero-order chi connectivity index (χ0) is 16.2. The molecule has 1 aromatic carbocycles. The Morgan fingerprint density at radius 3 is 2.00 bits per heavy atom. The molecule has 0 saturated carbocycles. The van der Waals surface area contributed by atoms with Gasteiger partial charge in [-0.25, -0.2) is 0 Å². The first-order chi connectivity index (χ1) is 9.65. The van der Waals surface area contributed by atoms with Crippen LogP contribution in [0, 0.1) is 23.2 Å². The summed E-state index contributed by atoms with van der Waals surface area (Å²) in [6.07, 6.45) is -4.50. The molecular weight excluding hydrogens is 277 g/mol. The quantitative estimate of drug-likeness (QED) is 0.788. The lowest BCUT2D eigenvalue weighted by molar-refractivity contribution is -0.137. The Kier molecular flexibility index (Phi) is 5.65. The number of nitriles is 1. The van der Waals surface area contributed by atoms with Crippen LogP contribution >= 0.6 is 0 Å². The first kappa shape index (κ1) is 17.4. The van der Waals surface area contributed by atoms with Crippen LogP contribution in [0.15, 0.2) is 18.2 Å². The van der Waals surface area contributed by atoms with E-state index in [-0.39, 0.29) is 5.56 Å². The lowest BCUT2D eigenvalue weighted by Gasteiger charge is -2.29. The summed E-state index contributed by atoms with van der Waals surface area (Å²) in [5.74, 6) is 0.771. The van der Waals surface area contributed by atoms with Gasteiger partial charge in [-0.3, -0.25) is 0 Å². The van der Waals surface area contributed by atoms with Crippen LogP contribution in [0.25, 0.3) is 0 Å². The van der Waals surface area contributed by atoms with Crippen LogP contribution in [0.1, 0.15) is 38.8 Å². The summed E-state index contributed by atoms with van der Waals surface area (Å²) in [5.41, 5.74) is -0.526. The van der Waals surface area contributed by atoms with Crippen molar-refractivity contribution in [3.8, 4) is 6.07 Å². The van der Waals surface area contributed by atoms with Crippen molar-refractivity contribution in [2.24, 2.45) is 11.8 Å². The maximum absolute atomic E-state index is 12.8. The van der Waals surface area contributed by atoms with E-state index in [1.807, 2.05) is 4.90 Å². The third-order valence-corrected chi connectivity index (χ3v) is 2.97. The minimum atomic E-state index is -4.50. The number of anilines is 1. The zero-order valence-electron chi connectivity index (χ0n) is 12.8. The van der Waals surface area contributed by atoms with Crippen LogP contribution in [-0.2, 0) is 6.18 Å². The van der Waals surface area contributed by atoms with Crippen molar-refractivity contribution in [2.75, 3.05) is 18.0 Å². The number of hydrogen-bond acceptors (Lipinski definition) is 2. The van der Waals surface area contributed by atoms with Crippen LogP contribution in [0.5, 0.6) is 0 Å². The predicted octanol–water partition coefficient (Wildman–Crippen LogP) is 4.70. The van der Waals surface area contributed by atoms with Crippen molar-refractivity contribution in [3.05, 3.63) is 29.3 Å². The molecule has 0 N–H and O–H groups in total. The fraction of sp³-hybridized carbons (Fsp3) is 0.562. The second kappa shape index (κ2) is 6.84. The van der Waals surface area contributed by atoms with Gasteiger partial charge in [-0.2, -0.15) is 18.4 Å². The molecule has 0 fully saturated rings. The maximum atomic E-state index is 12.8. The van der Waals surface area contributed by atoms with Crippen molar-refractivity contribution in [1.82, 2.24) is 0 Å². The van der Waals surface area contributed by atoms with Gasteiger partial charge in [0.15, 0.2) is 0 Å². The van der Waals surface area contributed by atoms with Gasteiger partial charge in [-0.05, 0) is 30.0 Å².